The van der Waals surface area contributed by atoms with Crippen molar-refractivity contribution in [2.24, 2.45) is 0 Å². The van der Waals surface area contributed by atoms with Gasteiger partial charge in [-0.3, -0.25) is 14.5 Å². The molecule has 1 aliphatic carbocycles. The predicted molar refractivity (Wildman–Crippen MR) is 114 cm³/mol. The molecule has 2 amide bonds. The van der Waals surface area contributed by atoms with Gasteiger partial charge in [0.25, 0.3) is 11.8 Å². The van der Waals surface area contributed by atoms with Crippen molar-refractivity contribution in [1.82, 2.24) is 15.1 Å². The number of benzene rings is 1. The Morgan fingerprint density at radius 2 is 1.67 bits per heavy atom. The van der Waals surface area contributed by atoms with Gasteiger partial charge < -0.3 is 8.84 Å². The summed E-state index contributed by atoms with van der Waals surface area (Å²) in [7, 11) is -1.95. The minimum atomic E-state index is -1.95. The number of nitrogens with zero attached hydrogens (tertiary/aromatic N) is 3. The van der Waals surface area contributed by atoms with Crippen LogP contribution in [0.1, 0.15) is 85.1 Å². The summed E-state index contributed by atoms with van der Waals surface area (Å²) in [5.74, 6) is 0.687. The van der Waals surface area contributed by atoms with Crippen LogP contribution in [-0.4, -0.2) is 41.3 Å². The maximum absolute atomic E-state index is 12.6. The fourth-order valence-corrected chi connectivity index (χ4v) is 5.12. The third-order valence-electron chi connectivity index (χ3n) is 6.73. The van der Waals surface area contributed by atoms with E-state index in [1.807, 2.05) is 6.92 Å². The molecule has 1 aromatic heterocycles. The molecule has 0 N–H and O–H groups in total. The molecule has 0 radical (unpaired) electrons. The molecule has 8 heteroatoms. The van der Waals surface area contributed by atoms with Crippen LogP contribution in [0, 0.1) is 0 Å². The Morgan fingerprint density at radius 1 is 1.10 bits per heavy atom. The van der Waals surface area contributed by atoms with Gasteiger partial charge in [0.05, 0.1) is 11.1 Å². The number of hydrogen-bond donors (Lipinski definition) is 0. The van der Waals surface area contributed by atoms with Crippen LogP contribution < -0.4 is 0 Å². The number of imide groups is 1. The molecule has 4 rings (SSSR count). The molecule has 1 atom stereocenters. The van der Waals surface area contributed by atoms with Crippen LogP contribution >= 0.6 is 0 Å². The van der Waals surface area contributed by atoms with Crippen molar-refractivity contribution >= 4 is 20.1 Å². The van der Waals surface area contributed by atoms with E-state index in [1.165, 1.54) is 4.90 Å². The highest BCUT2D eigenvalue weighted by molar-refractivity contribution is 6.74. The van der Waals surface area contributed by atoms with Crippen molar-refractivity contribution in [2.75, 3.05) is 0 Å². The van der Waals surface area contributed by atoms with Crippen LogP contribution in [0.15, 0.2) is 28.7 Å². The Bertz CT molecular complexity index is 953. The summed E-state index contributed by atoms with van der Waals surface area (Å²) < 4.78 is 12.3. The minimum Gasteiger partial charge on any atom is -0.422 e. The van der Waals surface area contributed by atoms with Crippen LogP contribution in [0.4, 0.5) is 0 Å². The van der Waals surface area contributed by atoms with E-state index in [0.717, 1.165) is 0 Å². The number of fused-ring (bicyclic) bond motifs is 1. The molecule has 1 aliphatic heterocycles. The second kappa shape index (κ2) is 7.13. The Morgan fingerprint density at radius 3 is 2.20 bits per heavy atom. The predicted octanol–water partition coefficient (Wildman–Crippen LogP) is 4.69. The maximum atomic E-state index is 12.6. The summed E-state index contributed by atoms with van der Waals surface area (Å²) in [5, 5.41) is 8.52. The minimum absolute atomic E-state index is 0.0561. The number of carbonyl (C=O) groups excluding carboxylic acids is 2. The first-order valence-electron chi connectivity index (χ1n) is 10.5. The molecule has 2 aromatic rings. The van der Waals surface area contributed by atoms with E-state index in [0.29, 0.717) is 35.7 Å². The van der Waals surface area contributed by atoms with Gasteiger partial charge in [-0.05, 0) is 50.0 Å². The van der Waals surface area contributed by atoms with Gasteiger partial charge in [-0.25, -0.2) is 0 Å². The summed E-state index contributed by atoms with van der Waals surface area (Å²) >= 11 is 0. The molecule has 2 aliphatic rings. The first-order chi connectivity index (χ1) is 14.0. The fourth-order valence-electron chi connectivity index (χ4n) is 3.78. The molecule has 1 fully saturated rings. The van der Waals surface area contributed by atoms with Crippen molar-refractivity contribution in [1.29, 1.82) is 0 Å². The molecule has 7 nitrogen and oxygen atoms in total. The molecule has 2 heterocycles. The lowest BCUT2D eigenvalue weighted by Crippen LogP contribution is -2.46. The van der Waals surface area contributed by atoms with Gasteiger partial charge in [0.2, 0.25) is 11.8 Å². The molecular formula is C22H29N3O4Si. The number of aromatic nitrogens is 2. The van der Waals surface area contributed by atoms with Crippen molar-refractivity contribution in [3.8, 4) is 0 Å². The average Bonchev–Trinajstić information content (AvgIpc) is 3.19. The molecule has 0 bridgehead atoms. The monoisotopic (exact) mass is 427 g/mol. The van der Waals surface area contributed by atoms with Crippen LogP contribution in [0.2, 0.25) is 18.1 Å². The fraction of sp³-hybridized carbons (Fsp3) is 0.545. The number of hydrogen-bond acceptors (Lipinski definition) is 6. The molecular weight excluding hydrogens is 398 g/mol. The van der Waals surface area contributed by atoms with E-state index in [2.05, 4.69) is 44.1 Å². The lowest BCUT2D eigenvalue weighted by molar-refractivity contribution is 0.0459. The second-order valence-corrected chi connectivity index (χ2v) is 14.6. The standard InChI is InChI=1S/C22H29N3O4Si/c1-13(29-30(5,6)22(2,3)4)18-23-24-19(28-18)14-11-15(12-14)25-20(26)16-9-7-8-10-17(16)21(25)27/h7-10,13-15H,11-12H2,1-6H3/t13?,14-,15-. The zero-order valence-corrected chi connectivity index (χ0v) is 19.4. The zero-order chi connectivity index (χ0) is 21.8. The Balaban J connectivity index is 1.39. The van der Waals surface area contributed by atoms with E-state index in [-0.39, 0.29) is 34.9 Å². The molecule has 1 unspecified atom stereocenters. The summed E-state index contributed by atoms with van der Waals surface area (Å²) in [5.41, 5.74) is 0.977. The lowest BCUT2D eigenvalue weighted by atomic mass is 9.79. The Hall–Kier alpha value is -2.32. The van der Waals surface area contributed by atoms with Gasteiger partial charge in [0.1, 0.15) is 6.10 Å². The van der Waals surface area contributed by atoms with Gasteiger partial charge in [-0.2, -0.15) is 0 Å². The van der Waals surface area contributed by atoms with Crippen molar-refractivity contribution in [3.05, 3.63) is 47.2 Å². The molecule has 30 heavy (non-hydrogen) atoms. The van der Waals surface area contributed by atoms with E-state index >= 15 is 0 Å². The van der Waals surface area contributed by atoms with Crippen LogP contribution in [0.25, 0.3) is 0 Å². The van der Waals surface area contributed by atoms with E-state index < -0.39 is 8.32 Å². The third kappa shape index (κ3) is 3.41. The van der Waals surface area contributed by atoms with Crippen LogP contribution in [0.5, 0.6) is 0 Å². The molecule has 1 saturated carbocycles. The number of carbonyl (C=O) groups is 2. The normalized spacial score (nSPS) is 22.8. The number of amides is 2. The quantitative estimate of drug-likeness (QED) is 0.508. The van der Waals surface area contributed by atoms with Crippen LogP contribution in [-0.2, 0) is 4.43 Å². The third-order valence-corrected chi connectivity index (χ3v) is 11.3. The average molecular weight is 428 g/mol. The van der Waals surface area contributed by atoms with Crippen molar-refractivity contribution in [3.63, 3.8) is 0 Å². The Kier molecular flexibility index (Phi) is 4.97. The molecule has 160 valence electrons. The number of rotatable bonds is 5. The van der Waals surface area contributed by atoms with Gasteiger partial charge >= 0.3 is 0 Å². The highest BCUT2D eigenvalue weighted by Crippen LogP contribution is 2.43. The SMILES string of the molecule is CC(O[Si](C)(C)C(C)(C)C)c1nnc([C@H]2C[C@H](N3C(=O)c4ccccc4C3=O)C2)o1. The molecule has 0 spiro atoms. The summed E-state index contributed by atoms with van der Waals surface area (Å²) in [6, 6.07) is 6.85. The maximum Gasteiger partial charge on any atom is 0.261 e. The smallest absolute Gasteiger partial charge is 0.261 e. The highest BCUT2D eigenvalue weighted by Gasteiger charge is 2.47. The Labute approximate surface area is 177 Å². The van der Waals surface area contributed by atoms with E-state index in [1.54, 1.807) is 24.3 Å². The summed E-state index contributed by atoms with van der Waals surface area (Å²) in [6.45, 7) is 12.9. The van der Waals surface area contributed by atoms with Crippen molar-refractivity contribution in [2.45, 2.75) is 76.7 Å². The first kappa shape index (κ1) is 20.9. The van der Waals surface area contributed by atoms with E-state index in [9.17, 15) is 9.59 Å². The topological polar surface area (TPSA) is 85.5 Å². The van der Waals surface area contributed by atoms with E-state index in [4.69, 9.17) is 8.84 Å². The molecule has 0 saturated heterocycles. The van der Waals surface area contributed by atoms with Gasteiger partial charge in [0.15, 0.2) is 8.32 Å². The van der Waals surface area contributed by atoms with Crippen LogP contribution in [0.3, 0.4) is 0 Å². The van der Waals surface area contributed by atoms with Crippen molar-refractivity contribution < 1.29 is 18.4 Å². The largest absolute Gasteiger partial charge is 0.422 e. The first-order valence-corrected chi connectivity index (χ1v) is 13.4. The van der Waals surface area contributed by atoms with Gasteiger partial charge in [-0.15, -0.1) is 10.2 Å². The van der Waals surface area contributed by atoms with Gasteiger partial charge in [-0.1, -0.05) is 32.9 Å². The summed E-state index contributed by atoms with van der Waals surface area (Å²) in [6.07, 6.45) is 1.02. The van der Waals surface area contributed by atoms with Gasteiger partial charge in [0, 0.05) is 12.0 Å². The second-order valence-electron chi connectivity index (χ2n) is 9.85. The zero-order valence-electron chi connectivity index (χ0n) is 18.4. The lowest BCUT2D eigenvalue weighted by Gasteiger charge is -2.38. The molecule has 1 aromatic carbocycles. The highest BCUT2D eigenvalue weighted by atomic mass is 28.4. The summed E-state index contributed by atoms with van der Waals surface area (Å²) in [4.78, 5) is 26.7.